The third-order valence-corrected chi connectivity index (χ3v) is 2.35. The van der Waals surface area contributed by atoms with Gasteiger partial charge < -0.3 is 9.47 Å². The summed E-state index contributed by atoms with van der Waals surface area (Å²) in [5.41, 5.74) is 3.40. The molecule has 2 rings (SSSR count). The van der Waals surface area contributed by atoms with Crippen LogP contribution in [0.3, 0.4) is 0 Å². The van der Waals surface area contributed by atoms with Crippen molar-refractivity contribution in [2.24, 2.45) is 5.84 Å². The van der Waals surface area contributed by atoms with Crippen molar-refractivity contribution in [1.82, 2.24) is 15.4 Å². The molecule has 1 atom stereocenters. The van der Waals surface area contributed by atoms with Gasteiger partial charge in [-0.15, -0.1) is 0 Å². The van der Waals surface area contributed by atoms with Crippen molar-refractivity contribution in [3.63, 3.8) is 0 Å². The summed E-state index contributed by atoms with van der Waals surface area (Å²) < 4.78 is 10.5. The highest BCUT2D eigenvalue weighted by molar-refractivity contribution is 5.23. The summed E-state index contributed by atoms with van der Waals surface area (Å²) in [5.74, 6) is 6.80. The summed E-state index contributed by atoms with van der Waals surface area (Å²) >= 11 is 0. The smallest absolute Gasteiger partial charge is 0.216 e. The molecule has 1 aromatic rings. The van der Waals surface area contributed by atoms with E-state index in [4.69, 9.17) is 15.3 Å². The number of hydrogen-bond acceptors (Lipinski definition) is 6. The topological polar surface area (TPSA) is 82.3 Å². The highest BCUT2D eigenvalue weighted by Crippen LogP contribution is 2.25. The molecule has 2 heterocycles. The van der Waals surface area contributed by atoms with E-state index in [-0.39, 0.29) is 6.04 Å². The molecule has 86 valence electrons. The van der Waals surface area contributed by atoms with Gasteiger partial charge in [0.15, 0.2) is 0 Å². The number of hydrogen-bond donors (Lipinski definition) is 2. The largest absolute Gasteiger partial charge is 0.496 e. The Morgan fingerprint density at radius 1 is 1.56 bits per heavy atom. The van der Waals surface area contributed by atoms with Crippen LogP contribution >= 0.6 is 0 Å². The summed E-state index contributed by atoms with van der Waals surface area (Å²) in [6, 6.07) is 1.48. The van der Waals surface area contributed by atoms with Gasteiger partial charge in [0, 0.05) is 12.5 Å². The molecule has 0 saturated carbocycles. The number of ether oxygens (including phenoxy) is 2. The third kappa shape index (κ3) is 2.12. The molecule has 1 aliphatic rings. The molecule has 6 heteroatoms. The molecule has 1 aliphatic heterocycles. The van der Waals surface area contributed by atoms with Crippen LogP contribution in [0.1, 0.15) is 18.2 Å². The van der Waals surface area contributed by atoms with Crippen LogP contribution in [-0.2, 0) is 4.74 Å². The van der Waals surface area contributed by atoms with Crippen LogP contribution in [0.25, 0.3) is 0 Å². The molecule has 0 saturated heterocycles. The third-order valence-electron chi connectivity index (χ3n) is 2.35. The number of hydrazine groups is 1. The zero-order valence-corrected chi connectivity index (χ0v) is 9.01. The lowest BCUT2D eigenvalue weighted by molar-refractivity contribution is 0.214. The molecule has 6 nitrogen and oxygen atoms in total. The van der Waals surface area contributed by atoms with E-state index in [1.807, 2.05) is 6.08 Å². The van der Waals surface area contributed by atoms with Gasteiger partial charge >= 0.3 is 0 Å². The Kier molecular flexibility index (Phi) is 3.33. The first-order chi connectivity index (χ1) is 7.85. The normalized spacial score (nSPS) is 16.5. The van der Waals surface area contributed by atoms with E-state index in [0.29, 0.717) is 12.5 Å². The summed E-state index contributed by atoms with van der Waals surface area (Å²) in [7, 11) is 1.56. The highest BCUT2D eigenvalue weighted by atomic mass is 16.5. The van der Waals surface area contributed by atoms with Crippen LogP contribution in [-0.4, -0.2) is 23.7 Å². The van der Waals surface area contributed by atoms with Crippen molar-refractivity contribution in [2.45, 2.75) is 12.5 Å². The Bertz CT molecular complexity index is 394. The Labute approximate surface area is 93.5 Å². The number of methoxy groups -OCH3 is 1. The lowest BCUT2D eigenvalue weighted by atomic mass is 10.1. The summed E-state index contributed by atoms with van der Waals surface area (Å²) in [5, 5.41) is 0. The first-order valence-corrected chi connectivity index (χ1v) is 5.00. The monoisotopic (exact) mass is 222 g/mol. The Balaban J connectivity index is 2.25. The molecule has 3 N–H and O–H groups in total. The van der Waals surface area contributed by atoms with Crippen molar-refractivity contribution < 1.29 is 9.47 Å². The number of nitrogens with two attached hydrogens (primary N) is 1. The Morgan fingerprint density at radius 3 is 3.06 bits per heavy atom. The number of nitrogens with one attached hydrogen (secondary N) is 1. The second-order valence-corrected chi connectivity index (χ2v) is 3.33. The number of nitrogens with zero attached hydrogens (tertiary/aromatic N) is 2. The molecule has 0 amide bonds. The minimum absolute atomic E-state index is 0.251. The molecule has 0 aromatic carbocycles. The lowest BCUT2D eigenvalue weighted by Gasteiger charge is -2.16. The maximum absolute atomic E-state index is 5.50. The highest BCUT2D eigenvalue weighted by Gasteiger charge is 2.21. The van der Waals surface area contributed by atoms with E-state index in [2.05, 4.69) is 15.4 Å². The molecular weight excluding hydrogens is 208 g/mol. The summed E-state index contributed by atoms with van der Waals surface area (Å²) in [6.07, 6.45) is 4.34. The number of aromatic nitrogens is 2. The predicted molar refractivity (Wildman–Crippen MR) is 57.3 cm³/mol. The second-order valence-electron chi connectivity index (χ2n) is 3.33. The van der Waals surface area contributed by atoms with E-state index in [9.17, 15) is 0 Å². The average Bonchev–Trinajstić information content (AvgIpc) is 2.84. The molecule has 1 unspecified atom stereocenters. The van der Waals surface area contributed by atoms with E-state index >= 15 is 0 Å². The Hall–Kier alpha value is -1.66. The maximum atomic E-state index is 5.50. The van der Waals surface area contributed by atoms with Gasteiger partial charge in [0.05, 0.1) is 19.4 Å². The van der Waals surface area contributed by atoms with Gasteiger partial charge in [0.25, 0.3) is 0 Å². The lowest BCUT2D eigenvalue weighted by Crippen LogP contribution is -2.30. The molecule has 0 spiro atoms. The van der Waals surface area contributed by atoms with Gasteiger partial charge in [-0.3, -0.25) is 5.84 Å². The van der Waals surface area contributed by atoms with Crippen LogP contribution in [0.15, 0.2) is 24.2 Å². The van der Waals surface area contributed by atoms with E-state index in [1.165, 1.54) is 6.33 Å². The van der Waals surface area contributed by atoms with Crippen LogP contribution in [0, 0.1) is 0 Å². The minimum Gasteiger partial charge on any atom is -0.496 e. The quantitative estimate of drug-likeness (QED) is 0.563. The van der Waals surface area contributed by atoms with Crippen LogP contribution in [0.2, 0.25) is 0 Å². The molecule has 0 aliphatic carbocycles. The van der Waals surface area contributed by atoms with E-state index in [0.717, 1.165) is 17.9 Å². The van der Waals surface area contributed by atoms with Crippen molar-refractivity contribution in [3.05, 3.63) is 29.9 Å². The van der Waals surface area contributed by atoms with E-state index in [1.54, 1.807) is 13.2 Å². The molecule has 1 aromatic heterocycles. The van der Waals surface area contributed by atoms with Crippen LogP contribution in [0.4, 0.5) is 0 Å². The second kappa shape index (κ2) is 4.91. The first kappa shape index (κ1) is 10.8. The SMILES string of the molecule is COc1cc(C(NN)C2=CCCO2)ncn1. The average molecular weight is 222 g/mol. The summed E-state index contributed by atoms with van der Waals surface area (Å²) in [6.45, 7) is 0.690. The predicted octanol–water partition coefficient (Wildman–Crippen LogP) is 0.294. The summed E-state index contributed by atoms with van der Waals surface area (Å²) in [4.78, 5) is 8.09. The fourth-order valence-corrected chi connectivity index (χ4v) is 1.57. The van der Waals surface area contributed by atoms with Gasteiger partial charge in [-0.2, -0.15) is 0 Å². The molecular formula is C10H14N4O2. The number of rotatable bonds is 4. The van der Waals surface area contributed by atoms with Gasteiger partial charge in [0.2, 0.25) is 5.88 Å². The van der Waals surface area contributed by atoms with Gasteiger partial charge in [-0.05, 0) is 6.08 Å². The minimum atomic E-state index is -0.251. The van der Waals surface area contributed by atoms with Crippen molar-refractivity contribution >= 4 is 0 Å². The zero-order valence-electron chi connectivity index (χ0n) is 9.01. The van der Waals surface area contributed by atoms with Crippen molar-refractivity contribution in [1.29, 1.82) is 0 Å². The zero-order chi connectivity index (χ0) is 11.4. The molecule has 16 heavy (non-hydrogen) atoms. The fourth-order valence-electron chi connectivity index (χ4n) is 1.57. The maximum Gasteiger partial charge on any atom is 0.216 e. The molecule has 0 radical (unpaired) electrons. The van der Waals surface area contributed by atoms with Gasteiger partial charge in [-0.25, -0.2) is 15.4 Å². The van der Waals surface area contributed by atoms with Crippen molar-refractivity contribution in [2.75, 3.05) is 13.7 Å². The Morgan fingerprint density at radius 2 is 2.44 bits per heavy atom. The van der Waals surface area contributed by atoms with Crippen LogP contribution < -0.4 is 16.0 Å². The molecule has 0 fully saturated rings. The van der Waals surface area contributed by atoms with Gasteiger partial charge in [0.1, 0.15) is 18.1 Å². The van der Waals surface area contributed by atoms with Gasteiger partial charge in [-0.1, -0.05) is 0 Å². The van der Waals surface area contributed by atoms with E-state index < -0.39 is 0 Å². The fraction of sp³-hybridized carbons (Fsp3) is 0.400. The van der Waals surface area contributed by atoms with Crippen molar-refractivity contribution in [3.8, 4) is 5.88 Å². The first-order valence-electron chi connectivity index (χ1n) is 5.00. The standard InChI is InChI=1S/C10H14N4O2/c1-15-9-5-7(12-6-13-9)10(14-11)8-3-2-4-16-8/h3,5-6,10,14H,2,4,11H2,1H3. The van der Waals surface area contributed by atoms with Crippen LogP contribution in [0.5, 0.6) is 5.88 Å². The molecule has 0 bridgehead atoms.